The van der Waals surface area contributed by atoms with Gasteiger partial charge in [0.15, 0.2) is 5.96 Å². The first-order valence-corrected chi connectivity index (χ1v) is 14.7. The van der Waals surface area contributed by atoms with Gasteiger partial charge in [-0.3, -0.25) is 33.8 Å². The van der Waals surface area contributed by atoms with Crippen molar-refractivity contribution in [2.75, 3.05) is 32.8 Å². The van der Waals surface area contributed by atoms with Crippen LogP contribution >= 0.6 is 0 Å². The van der Waals surface area contributed by atoms with Crippen LogP contribution < -0.4 is 65.9 Å². The SMILES string of the molecule is NCCCC(N)CC(=O)NCC1NC(=O)C(CO)NC(=O)C(N)CNC(=O)C(C2CCN=C(N)N2)NC(=O)C(C=NC(N)=O)NC1=O. The summed E-state index contributed by atoms with van der Waals surface area (Å²) in [7, 11) is 0. The fourth-order valence-electron chi connectivity index (χ4n) is 4.42. The Labute approximate surface area is 269 Å². The zero-order valence-electron chi connectivity index (χ0n) is 25.6. The molecule has 0 radical (unpaired) electrons. The minimum Gasteiger partial charge on any atom is -0.394 e. The van der Waals surface area contributed by atoms with Crippen LogP contribution in [0, 0.1) is 0 Å². The normalized spacial score (nSPS) is 27.2. The van der Waals surface area contributed by atoms with E-state index in [1.807, 2.05) is 0 Å². The van der Waals surface area contributed by atoms with Crippen molar-refractivity contribution < 1.29 is 38.7 Å². The quantitative estimate of drug-likeness (QED) is 0.0963. The van der Waals surface area contributed by atoms with E-state index in [1.165, 1.54) is 0 Å². The molecule has 262 valence electrons. The molecule has 8 amide bonds. The maximum absolute atomic E-state index is 13.5. The molecule has 0 spiro atoms. The number of aliphatic hydroxyl groups is 1. The van der Waals surface area contributed by atoms with Gasteiger partial charge in [0.05, 0.1) is 12.6 Å². The largest absolute Gasteiger partial charge is 0.394 e. The first-order chi connectivity index (χ1) is 22.2. The Kier molecular flexibility index (Phi) is 15.4. The lowest BCUT2D eigenvalue weighted by atomic mass is 10.0. The molecule has 7 atom stereocenters. The van der Waals surface area contributed by atoms with Gasteiger partial charge in [-0.2, -0.15) is 0 Å². The number of urea groups is 1. The van der Waals surface area contributed by atoms with Gasteiger partial charge in [-0.25, -0.2) is 9.79 Å². The lowest BCUT2D eigenvalue weighted by Crippen LogP contribution is -2.66. The summed E-state index contributed by atoms with van der Waals surface area (Å²) in [5.74, 6) is -5.54. The molecule has 1 fully saturated rings. The second-order valence-corrected chi connectivity index (χ2v) is 10.8. The summed E-state index contributed by atoms with van der Waals surface area (Å²) in [4.78, 5) is 97.2. The van der Waals surface area contributed by atoms with E-state index in [1.54, 1.807) is 0 Å². The number of primary amides is 1. The molecule has 22 nitrogen and oxygen atoms in total. The van der Waals surface area contributed by atoms with Crippen LogP contribution in [0.4, 0.5) is 4.79 Å². The van der Waals surface area contributed by atoms with Gasteiger partial charge in [0, 0.05) is 38.3 Å². The van der Waals surface area contributed by atoms with Gasteiger partial charge in [-0.1, -0.05) is 0 Å². The Morgan fingerprint density at radius 3 is 2.32 bits per heavy atom. The summed E-state index contributed by atoms with van der Waals surface area (Å²) in [6.07, 6.45) is 1.82. The number of hydrogen-bond acceptors (Lipinski definition) is 14. The molecule has 2 rings (SSSR count). The van der Waals surface area contributed by atoms with Crippen LogP contribution in [0.5, 0.6) is 0 Å². The fraction of sp³-hybridized carbons (Fsp3) is 0.640. The maximum Gasteiger partial charge on any atom is 0.338 e. The number of nitrogens with zero attached hydrogens (tertiary/aromatic N) is 2. The second-order valence-electron chi connectivity index (χ2n) is 10.8. The Morgan fingerprint density at radius 1 is 1.00 bits per heavy atom. The van der Waals surface area contributed by atoms with Gasteiger partial charge >= 0.3 is 6.03 Å². The van der Waals surface area contributed by atoms with Crippen molar-refractivity contribution >= 4 is 53.6 Å². The van der Waals surface area contributed by atoms with Gasteiger partial charge in [0.25, 0.3) is 0 Å². The summed E-state index contributed by atoms with van der Waals surface area (Å²) in [5.41, 5.74) is 28.2. The lowest BCUT2D eigenvalue weighted by Gasteiger charge is -2.32. The van der Waals surface area contributed by atoms with Gasteiger partial charge < -0.3 is 71.0 Å². The highest BCUT2D eigenvalue weighted by Gasteiger charge is 2.36. The number of amides is 8. The fourth-order valence-corrected chi connectivity index (χ4v) is 4.42. The number of carbonyl (C=O) groups excluding carboxylic acids is 7. The average molecular weight is 669 g/mol. The van der Waals surface area contributed by atoms with Crippen LogP contribution in [-0.2, 0) is 28.8 Å². The molecule has 0 aromatic rings. The van der Waals surface area contributed by atoms with Gasteiger partial charge in [0.2, 0.25) is 35.4 Å². The van der Waals surface area contributed by atoms with Crippen LogP contribution in [0.25, 0.3) is 0 Å². The summed E-state index contributed by atoms with van der Waals surface area (Å²) in [5, 5.41) is 26.7. The first kappa shape index (κ1) is 38.3. The zero-order chi connectivity index (χ0) is 35.1. The molecule has 7 unspecified atom stereocenters. The molecule has 2 heterocycles. The van der Waals surface area contributed by atoms with E-state index >= 15 is 0 Å². The van der Waals surface area contributed by atoms with E-state index in [0.717, 1.165) is 0 Å². The highest BCUT2D eigenvalue weighted by atomic mass is 16.3. The highest BCUT2D eigenvalue weighted by molar-refractivity contribution is 6.05. The van der Waals surface area contributed by atoms with Gasteiger partial charge in [-0.05, 0) is 25.8 Å². The first-order valence-electron chi connectivity index (χ1n) is 14.7. The third-order valence-corrected chi connectivity index (χ3v) is 6.98. The van der Waals surface area contributed by atoms with Crippen molar-refractivity contribution in [1.29, 1.82) is 0 Å². The van der Waals surface area contributed by atoms with E-state index in [2.05, 4.69) is 47.2 Å². The molecule has 2 aliphatic heterocycles. The summed E-state index contributed by atoms with van der Waals surface area (Å²) < 4.78 is 0. The standard InChI is InChI=1S/C25H44N14O8/c26-4-1-2-11(27)6-17(41)32-8-14-20(43)35-15(9-34-25(30)47)21(44)39-18(13-3-5-31-24(29)38-13)23(46)33-7-12(28)19(42)37-16(10-40)22(45)36-14/h9,11-16,18,40H,1-8,10,26-28H2,(H2,30,47)(H,32,41)(H,33,46)(H,35,43)(H,36,45)(H,37,42)(H,39,44)(H3,29,31,38). The van der Waals surface area contributed by atoms with E-state index < -0.39 is 103 Å². The third-order valence-electron chi connectivity index (χ3n) is 6.98. The second kappa shape index (κ2) is 18.9. The molecule has 2 aliphatic rings. The molecule has 0 saturated carbocycles. The van der Waals surface area contributed by atoms with E-state index in [-0.39, 0.29) is 25.3 Å². The zero-order valence-corrected chi connectivity index (χ0v) is 25.6. The van der Waals surface area contributed by atoms with Crippen LogP contribution in [0.2, 0.25) is 0 Å². The Bertz CT molecular complexity index is 1230. The summed E-state index contributed by atoms with van der Waals surface area (Å²) in [6.45, 7) is -1.36. The monoisotopic (exact) mass is 668 g/mol. The lowest BCUT2D eigenvalue weighted by molar-refractivity contribution is -0.135. The van der Waals surface area contributed by atoms with Crippen molar-refractivity contribution in [3.63, 3.8) is 0 Å². The number of nitrogens with one attached hydrogen (secondary N) is 7. The van der Waals surface area contributed by atoms with Crippen LogP contribution in [0.1, 0.15) is 25.7 Å². The molecule has 47 heavy (non-hydrogen) atoms. The smallest absolute Gasteiger partial charge is 0.338 e. The van der Waals surface area contributed by atoms with E-state index in [4.69, 9.17) is 28.7 Å². The van der Waals surface area contributed by atoms with Crippen molar-refractivity contribution in [3.8, 4) is 0 Å². The molecule has 22 heteroatoms. The Hall–Kier alpha value is -4.93. The van der Waals surface area contributed by atoms with Crippen LogP contribution in [-0.4, -0.2) is 134 Å². The van der Waals surface area contributed by atoms with E-state index in [0.29, 0.717) is 25.6 Å². The Morgan fingerprint density at radius 2 is 1.68 bits per heavy atom. The average Bonchev–Trinajstić information content (AvgIpc) is 3.02. The molecule has 0 aromatic heterocycles. The minimum absolute atomic E-state index is 0.0114. The van der Waals surface area contributed by atoms with Gasteiger partial charge in [-0.15, -0.1) is 0 Å². The minimum atomic E-state index is -1.75. The van der Waals surface area contributed by atoms with Crippen molar-refractivity contribution in [1.82, 2.24) is 37.2 Å². The molecule has 0 aromatic carbocycles. The topological polar surface area (TPSA) is 379 Å². The van der Waals surface area contributed by atoms with Crippen LogP contribution in [0.3, 0.4) is 0 Å². The molecule has 0 bridgehead atoms. The molecular weight excluding hydrogens is 624 g/mol. The number of rotatable bonds is 10. The van der Waals surface area contributed by atoms with E-state index in [9.17, 15) is 38.7 Å². The molecule has 1 saturated heterocycles. The van der Waals surface area contributed by atoms with Gasteiger partial charge in [0.1, 0.15) is 30.2 Å². The molecular formula is C25H44N14O8. The Balaban J connectivity index is 2.45. The number of aliphatic hydroxyl groups excluding tert-OH is 1. The molecule has 0 aliphatic carbocycles. The summed E-state index contributed by atoms with van der Waals surface area (Å²) >= 11 is 0. The van der Waals surface area contributed by atoms with Crippen molar-refractivity contribution in [2.24, 2.45) is 38.7 Å². The third kappa shape index (κ3) is 12.8. The number of nitrogens with two attached hydrogens (primary N) is 5. The summed E-state index contributed by atoms with van der Waals surface area (Å²) in [6, 6.07) is -10.4. The maximum atomic E-state index is 13.5. The van der Waals surface area contributed by atoms with Crippen molar-refractivity contribution in [2.45, 2.75) is 68.0 Å². The predicted octanol–water partition coefficient (Wildman–Crippen LogP) is -8.23. The predicted molar refractivity (Wildman–Crippen MR) is 166 cm³/mol. The molecule has 18 N–H and O–H groups in total. The number of guanidine groups is 1. The van der Waals surface area contributed by atoms with Crippen molar-refractivity contribution in [3.05, 3.63) is 0 Å². The number of carbonyl (C=O) groups is 7. The highest BCUT2D eigenvalue weighted by Crippen LogP contribution is 2.06. The van der Waals surface area contributed by atoms with Crippen LogP contribution in [0.15, 0.2) is 9.98 Å². The number of aliphatic imine (C=N–C) groups is 2. The number of hydrogen-bond donors (Lipinski definition) is 13.